The maximum absolute atomic E-state index is 14.1. The van der Waals surface area contributed by atoms with Gasteiger partial charge in [0, 0.05) is 49.8 Å². The number of fused-ring (bicyclic) bond motifs is 5. The number of carbonyl (C=O) groups excluding carboxylic acids is 2. The minimum atomic E-state index is -2.01. The summed E-state index contributed by atoms with van der Waals surface area (Å²) in [6.07, 6.45) is -13.1. The minimum Gasteiger partial charge on any atom is -0.506 e. The number of hydrogen-bond donors (Lipinski definition) is 6. The van der Waals surface area contributed by atoms with Crippen LogP contribution in [0.2, 0.25) is 0 Å². The minimum absolute atomic E-state index is 0.0516. The normalized spacial score (nSPS) is 46.7. The first kappa shape index (κ1) is 42.7. The molecule has 10 rings (SSSR count). The van der Waals surface area contributed by atoms with Gasteiger partial charge in [-0.3, -0.25) is 9.59 Å². The molecule has 5 saturated heterocycles. The second-order valence-corrected chi connectivity index (χ2v) is 18.6. The van der Waals surface area contributed by atoms with Gasteiger partial charge in [-0.1, -0.05) is 0 Å². The second-order valence-electron chi connectivity index (χ2n) is 18.6. The smallest absolute Gasteiger partial charge is 0.303 e. The number of hydrogen-bond acceptors (Lipinski definition) is 19. The van der Waals surface area contributed by atoms with Crippen molar-refractivity contribution in [3.05, 3.63) is 28.3 Å². The Kier molecular flexibility index (Phi) is 9.22. The highest BCUT2D eigenvalue weighted by Gasteiger charge is 3.07. The Labute approximate surface area is 355 Å². The first-order valence-corrected chi connectivity index (χ1v) is 21.1. The predicted octanol–water partition coefficient (Wildman–Crippen LogP) is 1.16. The lowest BCUT2D eigenvalue weighted by Crippen LogP contribution is -2.69. The average Bonchev–Trinajstić information content (AvgIpc) is 4.11. The van der Waals surface area contributed by atoms with Gasteiger partial charge in [-0.2, -0.15) is 0 Å². The van der Waals surface area contributed by atoms with E-state index in [1.165, 1.54) is 41.9 Å². The van der Waals surface area contributed by atoms with Crippen LogP contribution in [0.3, 0.4) is 0 Å². The number of aromatic hydroxyl groups is 1. The molecule has 18 atom stereocenters. The molecular weight excluding hydrogens is 820 g/mol. The maximum atomic E-state index is 14.1. The predicted molar refractivity (Wildman–Crippen MR) is 206 cm³/mol. The number of rotatable bonds is 9. The fraction of sp³-hybridized carbons (Fsp3) is 0.721. The molecule has 19 nitrogen and oxygen atoms in total. The van der Waals surface area contributed by atoms with Crippen molar-refractivity contribution in [2.75, 3.05) is 20.8 Å². The van der Waals surface area contributed by atoms with Gasteiger partial charge in [-0.15, -0.1) is 0 Å². The lowest BCUT2D eigenvalue weighted by Gasteiger charge is -2.50. The highest BCUT2D eigenvalue weighted by atomic mass is 16.9. The van der Waals surface area contributed by atoms with E-state index in [0.717, 1.165) is 0 Å². The summed E-state index contributed by atoms with van der Waals surface area (Å²) in [7, 11) is 2.93. The number of Topliss-reactive ketones (excluding diaryl/α,β-unsaturated/α-hetero) is 1. The Hall–Kier alpha value is -3.28. The molecule has 2 aromatic carbocycles. The van der Waals surface area contributed by atoms with Gasteiger partial charge >= 0.3 is 5.97 Å². The molecule has 4 bridgehead atoms. The number of epoxide rings is 2. The van der Waals surface area contributed by atoms with Crippen molar-refractivity contribution in [1.29, 1.82) is 0 Å². The third-order valence-corrected chi connectivity index (χ3v) is 15.1. The number of phenolic OH excluding ortho intramolecular Hbond substituents is 1. The quantitative estimate of drug-likeness (QED) is 0.153. The molecule has 6 heterocycles. The van der Waals surface area contributed by atoms with Crippen molar-refractivity contribution in [2.45, 2.75) is 175 Å². The van der Waals surface area contributed by atoms with E-state index in [9.17, 15) is 40.2 Å². The Bertz CT molecular complexity index is 2240. The Morgan fingerprint density at radius 2 is 1.76 bits per heavy atom. The van der Waals surface area contributed by atoms with Crippen LogP contribution in [0.15, 0.2) is 6.07 Å². The lowest BCUT2D eigenvalue weighted by molar-refractivity contribution is -0.382. The average molecular weight is 875 g/mol. The fourth-order valence-electron chi connectivity index (χ4n) is 12.1. The molecule has 0 aromatic heterocycles. The van der Waals surface area contributed by atoms with Crippen LogP contribution in [0.25, 0.3) is 10.8 Å². The van der Waals surface area contributed by atoms with E-state index in [-0.39, 0.29) is 53.9 Å². The van der Waals surface area contributed by atoms with Crippen LogP contribution in [0.4, 0.5) is 0 Å². The summed E-state index contributed by atoms with van der Waals surface area (Å²) >= 11 is 0. The van der Waals surface area contributed by atoms with Crippen LogP contribution in [-0.2, 0) is 47.4 Å². The van der Waals surface area contributed by atoms with Crippen molar-refractivity contribution in [3.8, 4) is 17.2 Å². The van der Waals surface area contributed by atoms with E-state index in [0.29, 0.717) is 16.5 Å². The highest BCUT2D eigenvalue weighted by Crippen LogP contribution is 2.85. The third-order valence-electron chi connectivity index (χ3n) is 15.1. The molecule has 6 aliphatic heterocycles. The SMILES string of the molecule is COc1c2c(c(O)c3c4c(c(C)cc13)C1C3OC5([C@H](C)OC)OC15[C@]1(CO1)[C@]3(OC1CC(O)C(O)([C@H](C)O)C(C)O1)O4)C(=O)[C@@H](O)C[C@@H]2OC1CC(C)(O)C(OC(C)=O)C(C)O1. The first-order valence-electron chi connectivity index (χ1n) is 21.1. The maximum Gasteiger partial charge on any atom is 0.303 e. The zero-order chi connectivity index (χ0) is 44.6. The molecule has 0 radical (unpaired) electrons. The monoisotopic (exact) mass is 874 g/mol. The number of esters is 1. The fourth-order valence-corrected chi connectivity index (χ4v) is 12.1. The van der Waals surface area contributed by atoms with Crippen molar-refractivity contribution in [1.82, 2.24) is 0 Å². The molecule has 6 N–H and O–H groups in total. The van der Waals surface area contributed by atoms with E-state index in [1.54, 1.807) is 13.0 Å². The second kappa shape index (κ2) is 13.4. The van der Waals surface area contributed by atoms with E-state index in [4.69, 9.17) is 52.1 Å². The molecule has 12 unspecified atom stereocenters. The van der Waals surface area contributed by atoms with Crippen LogP contribution in [0.5, 0.6) is 17.2 Å². The summed E-state index contributed by atoms with van der Waals surface area (Å²) < 4.78 is 69.9. The van der Waals surface area contributed by atoms with Crippen molar-refractivity contribution in [2.24, 2.45) is 0 Å². The summed E-state index contributed by atoms with van der Waals surface area (Å²) in [5.74, 6) is -5.57. The molecule has 6 fully saturated rings. The Balaban J connectivity index is 1.11. The third kappa shape index (κ3) is 5.05. The van der Waals surface area contributed by atoms with E-state index in [1.807, 2.05) is 13.8 Å². The number of ether oxygens (including phenoxy) is 11. The van der Waals surface area contributed by atoms with Gasteiger partial charge in [0.15, 0.2) is 35.7 Å². The van der Waals surface area contributed by atoms with Gasteiger partial charge in [0.1, 0.15) is 46.8 Å². The molecule has 2 aromatic rings. The van der Waals surface area contributed by atoms with E-state index >= 15 is 0 Å². The van der Waals surface area contributed by atoms with Crippen LogP contribution in [0.1, 0.15) is 99.9 Å². The van der Waals surface area contributed by atoms with Crippen molar-refractivity contribution < 1.29 is 92.3 Å². The van der Waals surface area contributed by atoms with Crippen molar-refractivity contribution in [3.63, 3.8) is 0 Å². The topological polar surface area (TPSA) is 264 Å². The summed E-state index contributed by atoms with van der Waals surface area (Å²) in [6.45, 7) is 11.0. The number of benzene rings is 2. The Morgan fingerprint density at radius 1 is 1.05 bits per heavy atom. The van der Waals surface area contributed by atoms with Gasteiger partial charge in [-0.05, 0) is 53.2 Å². The number of ketones is 1. The summed E-state index contributed by atoms with van der Waals surface area (Å²) in [4.78, 5) is 26.0. The van der Waals surface area contributed by atoms with Crippen LogP contribution >= 0.6 is 0 Å². The van der Waals surface area contributed by atoms with E-state index in [2.05, 4.69) is 0 Å². The van der Waals surface area contributed by atoms with Gasteiger partial charge < -0.3 is 82.7 Å². The Morgan fingerprint density at radius 3 is 2.35 bits per heavy atom. The van der Waals surface area contributed by atoms with E-state index < -0.39 is 125 Å². The lowest BCUT2D eigenvalue weighted by atomic mass is 9.77. The molecule has 19 heteroatoms. The summed E-state index contributed by atoms with van der Waals surface area (Å²) in [5, 5.41) is 68.6. The molecule has 8 aliphatic rings. The zero-order valence-corrected chi connectivity index (χ0v) is 35.8. The summed E-state index contributed by atoms with van der Waals surface area (Å²) in [5.41, 5.74) is -5.09. The standard InChI is InChI=1S/C43H54O19/c1-15-10-21-28(33(49)30-29(34(21)53-9)23(11-22(46)32(30)48)58-26-13-38(7,50)36(16(2)55-26)57-20(6)45)35-27(15)31-37-43(60-35,59-25-12-24(47)40(51,17(3)44)18(4)56-25)39(14-54-39)41(31)42(61-37,62-41)19(5)52-8/h10,16-19,22-26,31,36-37,44,46-47,49-51H,11-14H2,1-9H3/t16?,17-,18?,19-,22-,23-,24?,25?,26?,31?,36?,37?,38?,39+,40?,41?,42?,43+/m0/s1. The molecule has 62 heavy (non-hydrogen) atoms. The zero-order valence-electron chi connectivity index (χ0n) is 35.8. The van der Waals surface area contributed by atoms with Crippen molar-refractivity contribution >= 4 is 22.5 Å². The molecule has 2 aliphatic carbocycles. The number of aliphatic hydroxyl groups is 5. The molecule has 2 spiro atoms. The molecular formula is C43H54O19. The van der Waals surface area contributed by atoms with Gasteiger partial charge in [0.2, 0.25) is 5.79 Å². The highest BCUT2D eigenvalue weighted by molar-refractivity contribution is 6.13. The van der Waals surface area contributed by atoms with Crippen LogP contribution in [0, 0.1) is 6.92 Å². The number of carbonyl (C=O) groups is 2. The van der Waals surface area contributed by atoms with Crippen LogP contribution in [-0.4, -0.2) is 159 Å². The van der Waals surface area contributed by atoms with Gasteiger partial charge in [-0.25, -0.2) is 0 Å². The molecule has 0 amide bonds. The van der Waals surface area contributed by atoms with Gasteiger partial charge in [0.25, 0.3) is 5.79 Å². The van der Waals surface area contributed by atoms with Crippen LogP contribution < -0.4 is 9.47 Å². The first-order chi connectivity index (χ1) is 29.1. The number of phenols is 1. The largest absolute Gasteiger partial charge is 0.506 e. The molecule has 340 valence electrons. The number of aryl methyl sites for hydroxylation is 1. The summed E-state index contributed by atoms with van der Waals surface area (Å²) in [6, 6.07) is 1.79. The number of methoxy groups -OCH3 is 2. The van der Waals surface area contributed by atoms with Gasteiger partial charge in [0.05, 0.1) is 61.1 Å². The molecule has 1 saturated carbocycles. The number of aliphatic hydroxyl groups excluding tert-OH is 3.